The molecule has 1 aliphatic heterocycles. The van der Waals surface area contributed by atoms with Crippen molar-refractivity contribution < 1.29 is 9.53 Å². The lowest BCUT2D eigenvalue weighted by Gasteiger charge is -2.20. The van der Waals surface area contributed by atoms with E-state index in [0.29, 0.717) is 6.61 Å². The van der Waals surface area contributed by atoms with Crippen molar-refractivity contribution >= 4 is 11.8 Å². The van der Waals surface area contributed by atoms with E-state index >= 15 is 0 Å². The zero-order valence-electron chi connectivity index (χ0n) is 9.69. The molecule has 1 aromatic carbocycles. The van der Waals surface area contributed by atoms with Crippen molar-refractivity contribution in [2.75, 3.05) is 11.5 Å². The number of amides is 1. The summed E-state index contributed by atoms with van der Waals surface area (Å²) in [5.41, 5.74) is 1.67. The van der Waals surface area contributed by atoms with E-state index in [-0.39, 0.29) is 12.1 Å². The third kappa shape index (κ3) is 1.82. The van der Waals surface area contributed by atoms with E-state index in [0.717, 1.165) is 11.4 Å². The predicted molar refractivity (Wildman–Crippen MR) is 67.2 cm³/mol. The molecule has 1 aliphatic rings. The van der Waals surface area contributed by atoms with Gasteiger partial charge in [0, 0.05) is 11.9 Å². The SMILES string of the molecule is O=C1OCC(c2ccccn2)N1c1ccccc1. The molecule has 1 fully saturated rings. The lowest BCUT2D eigenvalue weighted by molar-refractivity contribution is 0.178. The Bertz CT molecular complexity index is 542. The van der Waals surface area contributed by atoms with Gasteiger partial charge in [-0.25, -0.2) is 4.79 Å². The monoisotopic (exact) mass is 240 g/mol. The number of para-hydroxylation sites is 1. The largest absolute Gasteiger partial charge is 0.446 e. The number of nitrogens with zero attached hydrogens (tertiary/aromatic N) is 2. The second-order valence-corrected chi connectivity index (χ2v) is 4.05. The van der Waals surface area contributed by atoms with Crippen molar-refractivity contribution in [3.63, 3.8) is 0 Å². The predicted octanol–water partition coefficient (Wildman–Crippen LogP) is 2.78. The van der Waals surface area contributed by atoms with E-state index in [1.165, 1.54) is 0 Å². The molecule has 1 amide bonds. The molecule has 0 saturated carbocycles. The van der Waals surface area contributed by atoms with Crippen LogP contribution in [-0.2, 0) is 4.74 Å². The summed E-state index contributed by atoms with van der Waals surface area (Å²) in [5.74, 6) is 0. The third-order valence-corrected chi connectivity index (χ3v) is 2.94. The molecule has 0 N–H and O–H groups in total. The zero-order chi connectivity index (χ0) is 12.4. The number of ether oxygens (including phenoxy) is 1. The quantitative estimate of drug-likeness (QED) is 0.810. The van der Waals surface area contributed by atoms with Crippen LogP contribution in [0.1, 0.15) is 11.7 Å². The standard InChI is InChI=1S/C14H12N2O2/c17-14-16(11-6-2-1-3-7-11)13(10-18-14)12-8-4-5-9-15-12/h1-9,13H,10H2. The number of pyridine rings is 1. The van der Waals surface area contributed by atoms with Gasteiger partial charge in [-0.15, -0.1) is 0 Å². The first kappa shape index (κ1) is 10.8. The van der Waals surface area contributed by atoms with Gasteiger partial charge in [-0.1, -0.05) is 24.3 Å². The second-order valence-electron chi connectivity index (χ2n) is 4.05. The normalized spacial score (nSPS) is 18.8. The molecule has 3 rings (SSSR count). The van der Waals surface area contributed by atoms with Crippen LogP contribution in [0.3, 0.4) is 0 Å². The summed E-state index contributed by atoms with van der Waals surface area (Å²) < 4.78 is 5.13. The molecule has 1 atom stereocenters. The molecule has 1 unspecified atom stereocenters. The topological polar surface area (TPSA) is 42.4 Å². The maximum absolute atomic E-state index is 11.8. The first-order valence-corrected chi connectivity index (χ1v) is 5.78. The second kappa shape index (κ2) is 4.49. The van der Waals surface area contributed by atoms with Crippen molar-refractivity contribution in [3.05, 3.63) is 60.4 Å². The van der Waals surface area contributed by atoms with Crippen LogP contribution in [0.25, 0.3) is 0 Å². The van der Waals surface area contributed by atoms with Gasteiger partial charge in [-0.2, -0.15) is 0 Å². The summed E-state index contributed by atoms with van der Waals surface area (Å²) in [6.07, 6.45) is 1.40. The molecule has 0 spiro atoms. The molecule has 18 heavy (non-hydrogen) atoms. The molecule has 0 aliphatic carbocycles. The molecule has 1 saturated heterocycles. The number of cyclic esters (lactones) is 1. The van der Waals surface area contributed by atoms with Crippen molar-refractivity contribution in [3.8, 4) is 0 Å². The molecular formula is C14H12N2O2. The molecular weight excluding hydrogens is 228 g/mol. The van der Waals surface area contributed by atoms with Gasteiger partial charge < -0.3 is 4.74 Å². The van der Waals surface area contributed by atoms with Gasteiger partial charge in [0.25, 0.3) is 0 Å². The number of benzene rings is 1. The fourth-order valence-corrected chi connectivity index (χ4v) is 2.09. The van der Waals surface area contributed by atoms with Crippen molar-refractivity contribution in [1.82, 2.24) is 4.98 Å². The van der Waals surface area contributed by atoms with Gasteiger partial charge in [0.15, 0.2) is 0 Å². The van der Waals surface area contributed by atoms with Crippen LogP contribution in [0.4, 0.5) is 10.5 Å². The fourth-order valence-electron chi connectivity index (χ4n) is 2.09. The van der Waals surface area contributed by atoms with E-state index in [1.807, 2.05) is 48.5 Å². The van der Waals surface area contributed by atoms with Crippen LogP contribution in [0.5, 0.6) is 0 Å². The minimum Gasteiger partial charge on any atom is -0.446 e. The van der Waals surface area contributed by atoms with E-state index < -0.39 is 0 Å². The van der Waals surface area contributed by atoms with E-state index in [4.69, 9.17) is 4.74 Å². The van der Waals surface area contributed by atoms with Gasteiger partial charge in [0.2, 0.25) is 0 Å². The number of carbonyl (C=O) groups is 1. The zero-order valence-corrected chi connectivity index (χ0v) is 9.69. The van der Waals surface area contributed by atoms with Crippen LogP contribution >= 0.6 is 0 Å². The first-order valence-electron chi connectivity index (χ1n) is 5.78. The molecule has 2 aromatic rings. The molecule has 90 valence electrons. The lowest BCUT2D eigenvalue weighted by Crippen LogP contribution is -2.27. The number of aromatic nitrogens is 1. The van der Waals surface area contributed by atoms with Gasteiger partial charge >= 0.3 is 6.09 Å². The number of hydrogen-bond donors (Lipinski definition) is 0. The van der Waals surface area contributed by atoms with Gasteiger partial charge in [0.05, 0.1) is 5.69 Å². The Balaban J connectivity index is 1.98. The first-order chi connectivity index (χ1) is 8.86. The summed E-state index contributed by atoms with van der Waals surface area (Å²) in [6.45, 7) is 0.338. The van der Waals surface area contributed by atoms with Gasteiger partial charge in [-0.3, -0.25) is 9.88 Å². The third-order valence-electron chi connectivity index (χ3n) is 2.94. The Hall–Kier alpha value is -2.36. The summed E-state index contributed by atoms with van der Waals surface area (Å²) in [7, 11) is 0. The number of hydrogen-bond acceptors (Lipinski definition) is 3. The number of anilines is 1. The average molecular weight is 240 g/mol. The maximum Gasteiger partial charge on any atom is 0.415 e. The molecule has 4 nitrogen and oxygen atoms in total. The molecule has 0 radical (unpaired) electrons. The highest BCUT2D eigenvalue weighted by atomic mass is 16.6. The Morgan fingerprint density at radius 1 is 1.11 bits per heavy atom. The minimum atomic E-state index is -0.322. The van der Waals surface area contributed by atoms with Crippen LogP contribution in [0, 0.1) is 0 Å². The number of carbonyl (C=O) groups excluding carboxylic acids is 1. The van der Waals surface area contributed by atoms with Crippen LogP contribution in [0.15, 0.2) is 54.7 Å². The Kier molecular flexibility index (Phi) is 2.68. The molecule has 0 bridgehead atoms. The summed E-state index contributed by atoms with van der Waals surface area (Å²) in [5, 5.41) is 0. The Morgan fingerprint density at radius 2 is 1.89 bits per heavy atom. The van der Waals surface area contributed by atoms with Crippen molar-refractivity contribution in [1.29, 1.82) is 0 Å². The molecule has 1 aromatic heterocycles. The van der Waals surface area contributed by atoms with Gasteiger partial charge in [0.1, 0.15) is 12.6 Å². The summed E-state index contributed by atoms with van der Waals surface area (Å²) >= 11 is 0. The highest BCUT2D eigenvalue weighted by Crippen LogP contribution is 2.31. The van der Waals surface area contributed by atoms with E-state index in [1.54, 1.807) is 11.1 Å². The summed E-state index contributed by atoms with van der Waals surface area (Å²) in [6, 6.07) is 15.0. The van der Waals surface area contributed by atoms with Crippen molar-refractivity contribution in [2.45, 2.75) is 6.04 Å². The van der Waals surface area contributed by atoms with Crippen molar-refractivity contribution in [2.24, 2.45) is 0 Å². The van der Waals surface area contributed by atoms with E-state index in [2.05, 4.69) is 4.98 Å². The maximum atomic E-state index is 11.8. The molecule has 4 heteroatoms. The minimum absolute atomic E-state index is 0.152. The number of rotatable bonds is 2. The van der Waals surface area contributed by atoms with E-state index in [9.17, 15) is 4.79 Å². The Labute approximate surface area is 105 Å². The Morgan fingerprint density at radius 3 is 2.61 bits per heavy atom. The van der Waals surface area contributed by atoms with Crippen LogP contribution in [0.2, 0.25) is 0 Å². The van der Waals surface area contributed by atoms with Gasteiger partial charge in [-0.05, 0) is 24.3 Å². The average Bonchev–Trinajstić information content (AvgIpc) is 2.83. The smallest absolute Gasteiger partial charge is 0.415 e. The highest BCUT2D eigenvalue weighted by Gasteiger charge is 2.35. The summed E-state index contributed by atoms with van der Waals surface area (Å²) in [4.78, 5) is 17.8. The van der Waals surface area contributed by atoms with Crippen LogP contribution < -0.4 is 4.90 Å². The fraction of sp³-hybridized carbons (Fsp3) is 0.143. The lowest BCUT2D eigenvalue weighted by atomic mass is 10.1. The molecule has 2 heterocycles. The highest BCUT2D eigenvalue weighted by molar-refractivity contribution is 5.90. The van der Waals surface area contributed by atoms with Crippen LogP contribution in [-0.4, -0.2) is 17.7 Å².